The smallest absolute Gasteiger partial charge is 0.185 e. The van der Waals surface area contributed by atoms with Gasteiger partial charge in [-0.3, -0.25) is 9.48 Å². The quantitative estimate of drug-likeness (QED) is 0.623. The van der Waals surface area contributed by atoms with Gasteiger partial charge in [0.25, 0.3) is 0 Å². The maximum atomic E-state index is 12.8. The molecule has 0 saturated carbocycles. The Morgan fingerprint density at radius 2 is 2.05 bits per heavy atom. The fraction of sp³-hybridized carbons (Fsp3) is 0.200. The van der Waals surface area contributed by atoms with Crippen LogP contribution in [0.2, 0.25) is 0 Å². The molecule has 0 N–H and O–H groups in total. The lowest BCUT2D eigenvalue weighted by Gasteiger charge is -1.98. The van der Waals surface area contributed by atoms with Gasteiger partial charge in [0, 0.05) is 23.4 Å². The molecule has 0 bridgehead atoms. The summed E-state index contributed by atoms with van der Waals surface area (Å²) in [6, 6.07) is 5.51. The van der Waals surface area contributed by atoms with E-state index in [0.717, 1.165) is 17.8 Å². The molecule has 4 heteroatoms. The second-order valence-electron chi connectivity index (χ2n) is 4.21. The third-order valence-electron chi connectivity index (χ3n) is 2.98. The van der Waals surface area contributed by atoms with Gasteiger partial charge < -0.3 is 0 Å². The van der Waals surface area contributed by atoms with Gasteiger partial charge in [0.2, 0.25) is 0 Å². The maximum Gasteiger partial charge on any atom is 0.185 e. The summed E-state index contributed by atoms with van der Waals surface area (Å²) < 4.78 is 14.6. The van der Waals surface area contributed by atoms with Crippen molar-refractivity contribution < 1.29 is 9.18 Å². The van der Waals surface area contributed by atoms with Crippen LogP contribution in [-0.4, -0.2) is 15.6 Å². The van der Waals surface area contributed by atoms with E-state index in [2.05, 4.69) is 5.10 Å². The third-order valence-corrected chi connectivity index (χ3v) is 2.98. The molecule has 1 heterocycles. The predicted octanol–water partition coefficient (Wildman–Crippen LogP) is 3.25. The first-order valence-corrected chi connectivity index (χ1v) is 6.12. The molecule has 0 spiro atoms. The van der Waals surface area contributed by atoms with Crippen molar-refractivity contribution in [2.45, 2.75) is 20.4 Å². The van der Waals surface area contributed by atoms with Gasteiger partial charge >= 0.3 is 0 Å². The first kappa shape index (κ1) is 13.2. The summed E-state index contributed by atoms with van der Waals surface area (Å²) in [5, 5.41) is 4.20. The molecular formula is C15H15FN2O. The molecule has 0 fully saturated rings. The number of rotatable bonds is 4. The first-order chi connectivity index (χ1) is 9.11. The minimum Gasteiger partial charge on any atom is -0.289 e. The lowest BCUT2D eigenvalue weighted by Crippen LogP contribution is -1.98. The van der Waals surface area contributed by atoms with E-state index in [1.165, 1.54) is 30.3 Å². The fourth-order valence-corrected chi connectivity index (χ4v) is 1.82. The van der Waals surface area contributed by atoms with Crippen LogP contribution in [0.4, 0.5) is 4.39 Å². The number of aryl methyl sites for hydroxylation is 1. The number of benzene rings is 1. The van der Waals surface area contributed by atoms with Crippen LogP contribution in [0.25, 0.3) is 6.08 Å². The van der Waals surface area contributed by atoms with E-state index in [0.29, 0.717) is 5.56 Å². The zero-order chi connectivity index (χ0) is 13.8. The van der Waals surface area contributed by atoms with E-state index < -0.39 is 0 Å². The summed E-state index contributed by atoms with van der Waals surface area (Å²) in [6.45, 7) is 4.77. The van der Waals surface area contributed by atoms with Crippen LogP contribution < -0.4 is 0 Å². The molecule has 0 aliphatic carbocycles. The van der Waals surface area contributed by atoms with Gasteiger partial charge in [-0.15, -0.1) is 0 Å². The van der Waals surface area contributed by atoms with E-state index >= 15 is 0 Å². The van der Waals surface area contributed by atoms with Gasteiger partial charge in [0.15, 0.2) is 5.78 Å². The van der Waals surface area contributed by atoms with Gasteiger partial charge in [0.05, 0.1) is 6.20 Å². The van der Waals surface area contributed by atoms with Crippen molar-refractivity contribution in [1.82, 2.24) is 9.78 Å². The van der Waals surface area contributed by atoms with Crippen LogP contribution in [0.1, 0.15) is 28.5 Å². The molecular weight excluding hydrogens is 243 g/mol. The molecule has 3 nitrogen and oxygen atoms in total. The van der Waals surface area contributed by atoms with E-state index in [1.807, 2.05) is 18.5 Å². The normalized spacial score (nSPS) is 11.1. The third kappa shape index (κ3) is 2.96. The number of allylic oxidation sites excluding steroid dienone is 1. The highest BCUT2D eigenvalue weighted by atomic mass is 19.1. The summed E-state index contributed by atoms with van der Waals surface area (Å²) in [4.78, 5) is 11.9. The van der Waals surface area contributed by atoms with E-state index in [1.54, 1.807) is 12.3 Å². The van der Waals surface area contributed by atoms with Gasteiger partial charge in [-0.25, -0.2) is 4.39 Å². The summed E-state index contributed by atoms with van der Waals surface area (Å²) in [5.41, 5.74) is 2.40. The van der Waals surface area contributed by atoms with Crippen LogP contribution >= 0.6 is 0 Å². The fourth-order valence-electron chi connectivity index (χ4n) is 1.82. The minimum absolute atomic E-state index is 0.149. The average molecular weight is 258 g/mol. The molecule has 0 unspecified atom stereocenters. The minimum atomic E-state index is -0.347. The molecule has 0 atom stereocenters. The van der Waals surface area contributed by atoms with Crippen molar-refractivity contribution in [2.75, 3.05) is 0 Å². The highest BCUT2D eigenvalue weighted by Gasteiger charge is 2.04. The summed E-state index contributed by atoms with van der Waals surface area (Å²) in [6.07, 6.45) is 4.95. The van der Waals surface area contributed by atoms with Gasteiger partial charge in [-0.1, -0.05) is 0 Å². The highest BCUT2D eigenvalue weighted by molar-refractivity contribution is 6.06. The SMILES string of the molecule is CCn1ncc(C=CC(=O)c2ccc(F)cc2)c1C. The molecule has 1 aromatic heterocycles. The molecule has 1 aromatic carbocycles. The zero-order valence-corrected chi connectivity index (χ0v) is 10.9. The number of hydrogen-bond acceptors (Lipinski definition) is 2. The van der Waals surface area contributed by atoms with E-state index in [-0.39, 0.29) is 11.6 Å². The molecule has 0 aliphatic heterocycles. The van der Waals surface area contributed by atoms with Crippen LogP contribution in [0.15, 0.2) is 36.5 Å². The Morgan fingerprint density at radius 1 is 1.37 bits per heavy atom. The second kappa shape index (κ2) is 5.61. The van der Waals surface area contributed by atoms with Crippen molar-refractivity contribution in [3.8, 4) is 0 Å². The Bertz CT molecular complexity index is 612. The van der Waals surface area contributed by atoms with Crippen molar-refractivity contribution in [1.29, 1.82) is 0 Å². The van der Waals surface area contributed by atoms with Crippen molar-refractivity contribution in [3.05, 3.63) is 59.2 Å². The summed E-state index contributed by atoms with van der Waals surface area (Å²) >= 11 is 0. The van der Waals surface area contributed by atoms with E-state index in [4.69, 9.17) is 0 Å². The molecule has 0 amide bonds. The zero-order valence-electron chi connectivity index (χ0n) is 10.9. The topological polar surface area (TPSA) is 34.9 Å². The summed E-state index contributed by atoms with van der Waals surface area (Å²) in [7, 11) is 0. The van der Waals surface area contributed by atoms with Crippen molar-refractivity contribution >= 4 is 11.9 Å². The van der Waals surface area contributed by atoms with Gasteiger partial charge in [-0.05, 0) is 50.3 Å². The largest absolute Gasteiger partial charge is 0.289 e. The standard InChI is InChI=1S/C15H15FN2O/c1-3-18-11(2)13(10-17-18)6-9-15(19)12-4-7-14(16)8-5-12/h4-10H,3H2,1-2H3. The predicted molar refractivity (Wildman–Crippen MR) is 72.4 cm³/mol. The van der Waals surface area contributed by atoms with E-state index in [9.17, 15) is 9.18 Å². The number of aromatic nitrogens is 2. The lowest BCUT2D eigenvalue weighted by atomic mass is 10.1. The Hall–Kier alpha value is -2.23. The number of carbonyl (C=O) groups is 1. The number of hydrogen-bond donors (Lipinski definition) is 0. The average Bonchev–Trinajstić information content (AvgIpc) is 2.77. The van der Waals surface area contributed by atoms with Gasteiger partial charge in [0.1, 0.15) is 5.82 Å². The van der Waals surface area contributed by atoms with Gasteiger partial charge in [-0.2, -0.15) is 5.10 Å². The van der Waals surface area contributed by atoms with Crippen LogP contribution in [-0.2, 0) is 6.54 Å². The molecule has 0 aliphatic rings. The van der Waals surface area contributed by atoms with Crippen molar-refractivity contribution in [2.24, 2.45) is 0 Å². The van der Waals surface area contributed by atoms with Crippen LogP contribution in [0, 0.1) is 12.7 Å². The maximum absolute atomic E-state index is 12.8. The monoisotopic (exact) mass is 258 g/mol. The van der Waals surface area contributed by atoms with Crippen molar-refractivity contribution in [3.63, 3.8) is 0 Å². The molecule has 19 heavy (non-hydrogen) atoms. The second-order valence-corrected chi connectivity index (χ2v) is 4.21. The Balaban J connectivity index is 2.16. The van der Waals surface area contributed by atoms with Crippen LogP contribution in [0.3, 0.4) is 0 Å². The Labute approximate surface area is 111 Å². The molecule has 2 rings (SSSR count). The first-order valence-electron chi connectivity index (χ1n) is 6.12. The number of ketones is 1. The molecule has 98 valence electrons. The van der Waals surface area contributed by atoms with Crippen LogP contribution in [0.5, 0.6) is 0 Å². The highest BCUT2D eigenvalue weighted by Crippen LogP contribution is 2.11. The molecule has 0 saturated heterocycles. The Morgan fingerprint density at radius 3 is 2.63 bits per heavy atom. The number of nitrogens with zero attached hydrogens (tertiary/aromatic N) is 2. The number of halogens is 1. The Kier molecular flexibility index (Phi) is 3.90. The number of carbonyl (C=O) groups excluding carboxylic acids is 1. The lowest BCUT2D eigenvalue weighted by molar-refractivity contribution is 0.104. The molecule has 0 radical (unpaired) electrons. The molecule has 2 aromatic rings. The summed E-state index contributed by atoms with van der Waals surface area (Å²) in [5.74, 6) is -0.496.